The van der Waals surface area contributed by atoms with Crippen LogP contribution in [-0.2, 0) is 9.59 Å². The zero-order valence-corrected chi connectivity index (χ0v) is 16.5. The van der Waals surface area contributed by atoms with E-state index in [-0.39, 0.29) is 11.6 Å². The van der Waals surface area contributed by atoms with E-state index in [9.17, 15) is 14.4 Å². The minimum atomic E-state index is -1.01. The van der Waals surface area contributed by atoms with E-state index in [1.165, 1.54) is 6.92 Å². The minimum Gasteiger partial charge on any atom is -0.426 e. The average Bonchev–Trinajstić information content (AvgIpc) is 2.60. The standard InChI is InChI=1S/C20H16BrClO4/c1-10(19(24)12-3-6-14(22)7-4-12)17-15-9-13(21)5-8-16(15)26-20(25)18(17)11(2)23/h3-10,17-18H,1-2H3/t10-,17-,18-/m0/s1. The molecule has 4 nitrogen and oxygen atoms in total. The number of rotatable bonds is 4. The van der Waals surface area contributed by atoms with Crippen LogP contribution in [-0.4, -0.2) is 17.5 Å². The second-order valence-electron chi connectivity index (χ2n) is 6.38. The van der Waals surface area contributed by atoms with Crippen molar-refractivity contribution >= 4 is 45.1 Å². The third kappa shape index (κ3) is 3.46. The van der Waals surface area contributed by atoms with Crippen LogP contribution in [0.4, 0.5) is 0 Å². The number of ether oxygens (including phenoxy) is 1. The maximum Gasteiger partial charge on any atom is 0.322 e. The molecule has 0 fully saturated rings. The van der Waals surface area contributed by atoms with Gasteiger partial charge in [0.25, 0.3) is 0 Å². The molecule has 0 bridgehead atoms. The molecule has 2 aromatic carbocycles. The van der Waals surface area contributed by atoms with Crippen molar-refractivity contribution in [2.75, 3.05) is 0 Å². The number of ketones is 2. The second-order valence-corrected chi connectivity index (χ2v) is 7.73. The summed E-state index contributed by atoms with van der Waals surface area (Å²) in [6.07, 6.45) is 0. The third-order valence-electron chi connectivity index (χ3n) is 4.67. The van der Waals surface area contributed by atoms with E-state index < -0.39 is 23.7 Å². The van der Waals surface area contributed by atoms with E-state index in [0.29, 0.717) is 21.9 Å². The monoisotopic (exact) mass is 434 g/mol. The predicted octanol–water partition coefficient (Wildman–Crippen LogP) is 4.83. The Morgan fingerprint density at radius 3 is 2.42 bits per heavy atom. The summed E-state index contributed by atoms with van der Waals surface area (Å²) in [4.78, 5) is 37.6. The molecule has 26 heavy (non-hydrogen) atoms. The van der Waals surface area contributed by atoms with E-state index in [1.807, 2.05) is 0 Å². The fourth-order valence-electron chi connectivity index (χ4n) is 3.39. The molecule has 0 unspecified atom stereocenters. The highest BCUT2D eigenvalue weighted by atomic mass is 79.9. The SMILES string of the molecule is CC(=O)[C@@H]1C(=O)Oc2ccc(Br)cc2[C@@H]1[C@H](C)C(=O)c1ccc(Cl)cc1. The number of hydrogen-bond donors (Lipinski definition) is 0. The largest absolute Gasteiger partial charge is 0.426 e. The number of carbonyl (C=O) groups is 3. The lowest BCUT2D eigenvalue weighted by molar-refractivity contribution is -0.146. The number of fused-ring (bicyclic) bond motifs is 1. The van der Waals surface area contributed by atoms with Crippen molar-refractivity contribution in [1.29, 1.82) is 0 Å². The molecule has 2 aromatic rings. The number of hydrogen-bond acceptors (Lipinski definition) is 4. The molecule has 0 radical (unpaired) electrons. The summed E-state index contributed by atoms with van der Waals surface area (Å²) in [7, 11) is 0. The van der Waals surface area contributed by atoms with E-state index >= 15 is 0 Å². The number of carbonyl (C=O) groups excluding carboxylic acids is 3. The smallest absolute Gasteiger partial charge is 0.322 e. The molecule has 134 valence electrons. The van der Waals surface area contributed by atoms with Crippen molar-refractivity contribution in [1.82, 2.24) is 0 Å². The average molecular weight is 436 g/mol. The van der Waals surface area contributed by atoms with Gasteiger partial charge in [-0.3, -0.25) is 14.4 Å². The predicted molar refractivity (Wildman–Crippen MR) is 102 cm³/mol. The summed E-state index contributed by atoms with van der Waals surface area (Å²) < 4.78 is 6.12. The lowest BCUT2D eigenvalue weighted by Gasteiger charge is -2.34. The number of benzene rings is 2. The molecule has 3 rings (SSSR count). The van der Waals surface area contributed by atoms with Gasteiger partial charge in [-0.25, -0.2) is 0 Å². The van der Waals surface area contributed by atoms with Crippen LogP contribution >= 0.6 is 27.5 Å². The highest BCUT2D eigenvalue weighted by Crippen LogP contribution is 2.44. The fourth-order valence-corrected chi connectivity index (χ4v) is 3.89. The van der Waals surface area contributed by atoms with Gasteiger partial charge in [-0.2, -0.15) is 0 Å². The molecule has 0 N–H and O–H groups in total. The molecule has 0 saturated carbocycles. The first-order valence-corrected chi connectivity index (χ1v) is 9.28. The molecule has 3 atom stereocenters. The van der Waals surface area contributed by atoms with Gasteiger partial charge in [0.15, 0.2) is 5.78 Å². The van der Waals surface area contributed by atoms with Crippen LogP contribution in [0.1, 0.15) is 35.7 Å². The summed E-state index contributed by atoms with van der Waals surface area (Å²) in [5.41, 5.74) is 1.16. The highest BCUT2D eigenvalue weighted by molar-refractivity contribution is 9.10. The minimum absolute atomic E-state index is 0.154. The normalized spacial score (nSPS) is 20.1. The summed E-state index contributed by atoms with van der Waals surface area (Å²) in [5, 5.41) is 0.534. The Bertz CT molecular complexity index is 891. The second kappa shape index (κ2) is 7.33. The van der Waals surface area contributed by atoms with Crippen molar-refractivity contribution < 1.29 is 19.1 Å². The maximum atomic E-state index is 13.0. The van der Waals surface area contributed by atoms with Gasteiger partial charge in [0, 0.05) is 32.5 Å². The van der Waals surface area contributed by atoms with E-state index in [1.54, 1.807) is 49.4 Å². The number of esters is 1. The third-order valence-corrected chi connectivity index (χ3v) is 5.42. The molecular weight excluding hydrogens is 420 g/mol. The van der Waals surface area contributed by atoms with Crippen molar-refractivity contribution in [3.63, 3.8) is 0 Å². The molecular formula is C20H16BrClO4. The first-order valence-electron chi connectivity index (χ1n) is 8.11. The molecule has 0 aromatic heterocycles. The Labute approximate surface area is 164 Å². The molecule has 1 heterocycles. The van der Waals surface area contributed by atoms with Gasteiger partial charge in [0.1, 0.15) is 17.5 Å². The van der Waals surface area contributed by atoms with E-state index in [4.69, 9.17) is 16.3 Å². The van der Waals surface area contributed by atoms with Gasteiger partial charge in [-0.05, 0) is 49.4 Å². The quantitative estimate of drug-likeness (QED) is 0.299. The van der Waals surface area contributed by atoms with Gasteiger partial charge in [0.05, 0.1) is 0 Å². The Morgan fingerprint density at radius 2 is 1.81 bits per heavy atom. The fraction of sp³-hybridized carbons (Fsp3) is 0.250. The number of halogens is 2. The van der Waals surface area contributed by atoms with E-state index in [0.717, 1.165) is 4.47 Å². The van der Waals surface area contributed by atoms with Gasteiger partial charge in [0.2, 0.25) is 0 Å². The first kappa shape index (κ1) is 18.8. The van der Waals surface area contributed by atoms with Gasteiger partial charge >= 0.3 is 5.97 Å². The molecule has 0 amide bonds. The Hall–Kier alpha value is -1.98. The molecule has 6 heteroatoms. The van der Waals surface area contributed by atoms with Gasteiger partial charge < -0.3 is 4.74 Å². The first-order chi connectivity index (χ1) is 12.3. The summed E-state index contributed by atoms with van der Waals surface area (Å²) >= 11 is 9.29. The van der Waals surface area contributed by atoms with Crippen LogP contribution in [0.15, 0.2) is 46.9 Å². The van der Waals surface area contributed by atoms with Crippen molar-refractivity contribution in [3.05, 3.63) is 63.1 Å². The lowest BCUT2D eigenvalue weighted by atomic mass is 9.72. The summed E-state index contributed by atoms with van der Waals surface area (Å²) in [5.74, 6) is -2.90. The Kier molecular flexibility index (Phi) is 5.30. The molecule has 1 aliphatic rings. The summed E-state index contributed by atoms with van der Waals surface area (Å²) in [6, 6.07) is 11.8. The summed E-state index contributed by atoms with van der Waals surface area (Å²) in [6.45, 7) is 3.09. The van der Waals surface area contributed by atoms with Crippen LogP contribution in [0.25, 0.3) is 0 Å². The maximum absolute atomic E-state index is 13.0. The van der Waals surface area contributed by atoms with Gasteiger partial charge in [-0.1, -0.05) is 34.5 Å². The highest BCUT2D eigenvalue weighted by Gasteiger charge is 2.45. The van der Waals surface area contributed by atoms with Crippen LogP contribution < -0.4 is 4.74 Å². The zero-order valence-electron chi connectivity index (χ0n) is 14.2. The van der Waals surface area contributed by atoms with Crippen molar-refractivity contribution in [3.8, 4) is 5.75 Å². The zero-order chi connectivity index (χ0) is 19.0. The van der Waals surface area contributed by atoms with Crippen LogP contribution in [0.2, 0.25) is 5.02 Å². The molecule has 1 aliphatic heterocycles. The van der Waals surface area contributed by atoms with E-state index in [2.05, 4.69) is 15.9 Å². The van der Waals surface area contributed by atoms with Crippen molar-refractivity contribution in [2.45, 2.75) is 19.8 Å². The molecule has 0 saturated heterocycles. The van der Waals surface area contributed by atoms with Crippen LogP contribution in [0.5, 0.6) is 5.75 Å². The van der Waals surface area contributed by atoms with Gasteiger partial charge in [-0.15, -0.1) is 0 Å². The lowest BCUT2D eigenvalue weighted by Crippen LogP contribution is -2.40. The van der Waals surface area contributed by atoms with Crippen molar-refractivity contribution in [2.24, 2.45) is 11.8 Å². The molecule has 0 aliphatic carbocycles. The Balaban J connectivity index is 2.07. The molecule has 0 spiro atoms. The topological polar surface area (TPSA) is 60.4 Å². The van der Waals surface area contributed by atoms with Crippen LogP contribution in [0.3, 0.4) is 0 Å². The van der Waals surface area contributed by atoms with Crippen LogP contribution in [0, 0.1) is 11.8 Å². The number of Topliss-reactive ketones (excluding diaryl/α,β-unsaturated/α-hetero) is 2. The Morgan fingerprint density at radius 1 is 1.15 bits per heavy atom.